The zero-order chi connectivity index (χ0) is 11.0. The Hall–Kier alpha value is -0.280. The number of carbonyl (C=O) groups is 1. The van der Waals surface area contributed by atoms with Crippen LogP contribution in [0.4, 0.5) is 0 Å². The molecule has 0 radical (unpaired) electrons. The third kappa shape index (κ3) is 5.45. The molecule has 1 amide bonds. The van der Waals surface area contributed by atoms with Gasteiger partial charge in [-0.15, -0.1) is 11.6 Å². The van der Waals surface area contributed by atoms with Crippen LogP contribution in [-0.4, -0.2) is 29.0 Å². The van der Waals surface area contributed by atoms with E-state index in [9.17, 15) is 9.90 Å². The monoisotopic (exact) mass is 221 g/mol. The van der Waals surface area contributed by atoms with Gasteiger partial charge >= 0.3 is 0 Å². The minimum absolute atomic E-state index is 0.0361. The third-order valence-electron chi connectivity index (χ3n) is 2.47. The maximum atomic E-state index is 11.2. The van der Waals surface area contributed by atoms with Crippen LogP contribution >= 0.6 is 11.6 Å². The molecule has 0 rings (SSSR count). The summed E-state index contributed by atoms with van der Waals surface area (Å²) in [5.74, 6) is 0.463. The van der Waals surface area contributed by atoms with E-state index in [4.69, 9.17) is 11.6 Å². The van der Waals surface area contributed by atoms with Gasteiger partial charge in [-0.3, -0.25) is 4.79 Å². The molecule has 84 valence electrons. The molecule has 0 bridgehead atoms. The second-order valence-electron chi connectivity index (χ2n) is 3.50. The molecule has 0 unspecified atom stereocenters. The molecule has 0 fully saturated rings. The molecule has 0 aromatic rings. The fourth-order valence-electron chi connectivity index (χ4n) is 1.08. The first-order chi connectivity index (χ1) is 6.58. The van der Waals surface area contributed by atoms with Crippen molar-refractivity contribution in [3.63, 3.8) is 0 Å². The van der Waals surface area contributed by atoms with E-state index in [-0.39, 0.29) is 5.91 Å². The van der Waals surface area contributed by atoms with Crippen molar-refractivity contribution in [1.29, 1.82) is 0 Å². The molecule has 14 heavy (non-hydrogen) atoms. The molecular weight excluding hydrogens is 202 g/mol. The van der Waals surface area contributed by atoms with E-state index >= 15 is 0 Å². The zero-order valence-electron chi connectivity index (χ0n) is 8.98. The van der Waals surface area contributed by atoms with Crippen LogP contribution < -0.4 is 5.32 Å². The highest BCUT2D eigenvalue weighted by atomic mass is 35.5. The Bertz CT molecular complexity index is 170. The highest BCUT2D eigenvalue weighted by Crippen LogP contribution is 2.12. The Morgan fingerprint density at radius 2 is 2.00 bits per heavy atom. The first-order valence-corrected chi connectivity index (χ1v) is 5.66. The van der Waals surface area contributed by atoms with Gasteiger partial charge < -0.3 is 10.4 Å². The van der Waals surface area contributed by atoms with Gasteiger partial charge in [0.15, 0.2) is 0 Å². The van der Waals surface area contributed by atoms with Gasteiger partial charge in [0.25, 0.3) is 0 Å². The summed E-state index contributed by atoms with van der Waals surface area (Å²) in [5.41, 5.74) is -0.753. The van der Waals surface area contributed by atoms with Crippen molar-refractivity contribution in [1.82, 2.24) is 5.32 Å². The number of amides is 1. The summed E-state index contributed by atoms with van der Waals surface area (Å²) >= 11 is 5.46. The second-order valence-corrected chi connectivity index (χ2v) is 3.88. The number of hydrogen-bond acceptors (Lipinski definition) is 2. The number of alkyl halides is 1. The lowest BCUT2D eigenvalue weighted by molar-refractivity contribution is -0.122. The SMILES string of the molecule is CCC(O)(CC)CNC(=O)CCCCl. The van der Waals surface area contributed by atoms with Gasteiger partial charge in [-0.2, -0.15) is 0 Å². The predicted octanol–water partition coefficient (Wildman–Crippen LogP) is 1.67. The summed E-state index contributed by atoms with van der Waals surface area (Å²) in [4.78, 5) is 11.2. The van der Waals surface area contributed by atoms with Crippen LogP contribution in [0, 0.1) is 0 Å². The summed E-state index contributed by atoms with van der Waals surface area (Å²) in [6.07, 6.45) is 2.43. The lowest BCUT2D eigenvalue weighted by Crippen LogP contribution is -2.41. The molecule has 0 spiro atoms. The molecule has 0 heterocycles. The van der Waals surface area contributed by atoms with Crippen molar-refractivity contribution in [3.8, 4) is 0 Å². The van der Waals surface area contributed by atoms with Gasteiger partial charge in [-0.05, 0) is 19.3 Å². The topological polar surface area (TPSA) is 49.3 Å². The maximum absolute atomic E-state index is 11.2. The van der Waals surface area contributed by atoms with Crippen LogP contribution in [0.1, 0.15) is 39.5 Å². The van der Waals surface area contributed by atoms with E-state index in [1.165, 1.54) is 0 Å². The molecule has 0 saturated carbocycles. The normalized spacial score (nSPS) is 11.4. The van der Waals surface area contributed by atoms with Crippen molar-refractivity contribution in [2.24, 2.45) is 0 Å². The van der Waals surface area contributed by atoms with Crippen LogP contribution in [0.25, 0.3) is 0 Å². The zero-order valence-corrected chi connectivity index (χ0v) is 9.73. The summed E-state index contributed by atoms with van der Waals surface area (Å²) < 4.78 is 0. The predicted molar refractivity (Wildman–Crippen MR) is 58.5 cm³/mol. The van der Waals surface area contributed by atoms with E-state index in [0.29, 0.717) is 38.1 Å². The highest BCUT2D eigenvalue weighted by molar-refractivity contribution is 6.17. The summed E-state index contributed by atoms with van der Waals surface area (Å²) in [6.45, 7) is 4.16. The van der Waals surface area contributed by atoms with Gasteiger partial charge in [0, 0.05) is 18.8 Å². The number of nitrogens with one attached hydrogen (secondary N) is 1. The highest BCUT2D eigenvalue weighted by Gasteiger charge is 2.22. The van der Waals surface area contributed by atoms with Crippen molar-refractivity contribution in [3.05, 3.63) is 0 Å². The number of halogens is 1. The first kappa shape index (κ1) is 13.7. The van der Waals surface area contributed by atoms with E-state index in [1.54, 1.807) is 0 Å². The molecule has 0 atom stereocenters. The summed E-state index contributed by atoms with van der Waals surface area (Å²) in [6, 6.07) is 0. The minimum atomic E-state index is -0.753. The van der Waals surface area contributed by atoms with Gasteiger partial charge in [0.05, 0.1) is 5.60 Å². The van der Waals surface area contributed by atoms with E-state index in [2.05, 4.69) is 5.32 Å². The Morgan fingerprint density at radius 3 is 2.43 bits per heavy atom. The number of aliphatic hydroxyl groups is 1. The van der Waals surface area contributed by atoms with Crippen molar-refractivity contribution in [2.75, 3.05) is 12.4 Å². The quantitative estimate of drug-likeness (QED) is 0.643. The molecule has 3 nitrogen and oxygen atoms in total. The Kier molecular flexibility index (Phi) is 6.93. The standard InChI is InChI=1S/C10H20ClNO2/c1-3-10(14,4-2)8-12-9(13)6-5-7-11/h14H,3-8H2,1-2H3,(H,12,13). The van der Waals surface area contributed by atoms with Crippen LogP contribution in [0.2, 0.25) is 0 Å². The average molecular weight is 222 g/mol. The fraction of sp³-hybridized carbons (Fsp3) is 0.900. The molecule has 0 aliphatic carbocycles. The Balaban J connectivity index is 3.74. The minimum Gasteiger partial charge on any atom is -0.388 e. The molecule has 0 aliphatic rings. The maximum Gasteiger partial charge on any atom is 0.220 e. The van der Waals surface area contributed by atoms with Crippen molar-refractivity contribution in [2.45, 2.75) is 45.1 Å². The molecule has 4 heteroatoms. The molecule has 0 saturated heterocycles. The average Bonchev–Trinajstić information content (AvgIpc) is 2.23. The van der Waals surface area contributed by atoms with E-state index < -0.39 is 5.60 Å². The second kappa shape index (κ2) is 7.07. The largest absolute Gasteiger partial charge is 0.388 e. The molecule has 0 aliphatic heterocycles. The molecule has 0 aromatic carbocycles. The fourth-order valence-corrected chi connectivity index (χ4v) is 1.21. The van der Waals surface area contributed by atoms with Crippen LogP contribution in [0.5, 0.6) is 0 Å². The van der Waals surface area contributed by atoms with Crippen LogP contribution in [0.3, 0.4) is 0 Å². The Morgan fingerprint density at radius 1 is 1.43 bits per heavy atom. The number of rotatable bonds is 7. The third-order valence-corrected chi connectivity index (χ3v) is 2.74. The number of carbonyl (C=O) groups excluding carboxylic acids is 1. The van der Waals surface area contributed by atoms with Crippen molar-refractivity contribution >= 4 is 17.5 Å². The van der Waals surface area contributed by atoms with Gasteiger partial charge in [0.1, 0.15) is 0 Å². The lowest BCUT2D eigenvalue weighted by Gasteiger charge is -2.25. The van der Waals surface area contributed by atoms with Crippen molar-refractivity contribution < 1.29 is 9.90 Å². The lowest BCUT2D eigenvalue weighted by atomic mass is 9.97. The van der Waals surface area contributed by atoms with E-state index in [1.807, 2.05) is 13.8 Å². The van der Waals surface area contributed by atoms with Crippen LogP contribution in [-0.2, 0) is 4.79 Å². The van der Waals surface area contributed by atoms with Gasteiger partial charge in [-0.1, -0.05) is 13.8 Å². The number of hydrogen-bond donors (Lipinski definition) is 2. The molecule has 2 N–H and O–H groups in total. The summed E-state index contributed by atoms with van der Waals surface area (Å²) in [7, 11) is 0. The molecular formula is C10H20ClNO2. The first-order valence-electron chi connectivity index (χ1n) is 5.13. The Labute approximate surface area is 90.8 Å². The van der Waals surface area contributed by atoms with Gasteiger partial charge in [0.2, 0.25) is 5.91 Å². The van der Waals surface area contributed by atoms with Gasteiger partial charge in [-0.25, -0.2) is 0 Å². The summed E-state index contributed by atoms with van der Waals surface area (Å²) in [5, 5.41) is 12.6. The smallest absolute Gasteiger partial charge is 0.220 e. The molecule has 0 aromatic heterocycles. The van der Waals surface area contributed by atoms with E-state index in [0.717, 1.165) is 0 Å². The van der Waals surface area contributed by atoms with Crippen LogP contribution in [0.15, 0.2) is 0 Å².